The van der Waals surface area contributed by atoms with E-state index in [9.17, 15) is 5.11 Å². The molecule has 3 nitrogen and oxygen atoms in total. The fraction of sp³-hybridized carbons (Fsp3) is 0.600. The van der Waals surface area contributed by atoms with E-state index in [4.69, 9.17) is 4.74 Å². The summed E-state index contributed by atoms with van der Waals surface area (Å²) in [6, 6.07) is 6.51. The van der Waals surface area contributed by atoms with Gasteiger partial charge in [0, 0.05) is 6.04 Å². The summed E-state index contributed by atoms with van der Waals surface area (Å²) >= 11 is 3.50. The zero-order valence-electron chi connectivity index (χ0n) is 11.4. The zero-order valence-corrected chi connectivity index (χ0v) is 12.9. The van der Waals surface area contributed by atoms with Gasteiger partial charge in [0.1, 0.15) is 5.75 Å². The molecule has 106 valence electrons. The van der Waals surface area contributed by atoms with E-state index in [1.165, 1.54) is 32.1 Å². The lowest BCUT2D eigenvalue weighted by molar-refractivity contribution is 0.220. The fourth-order valence-corrected chi connectivity index (χ4v) is 3.27. The standard InChI is InChI=1S/C15H22BrNO2/c1-19-15-8-7-11(9-13(15)16)14(10-18)17-12-5-3-2-4-6-12/h7-9,12,14,17-18H,2-6,10H2,1H3. The molecule has 0 aromatic heterocycles. The van der Waals surface area contributed by atoms with Gasteiger partial charge in [-0.2, -0.15) is 0 Å². The van der Waals surface area contributed by atoms with E-state index in [0.717, 1.165) is 15.8 Å². The molecule has 0 heterocycles. The minimum atomic E-state index is 0.00491. The van der Waals surface area contributed by atoms with Crippen molar-refractivity contribution < 1.29 is 9.84 Å². The molecule has 0 radical (unpaired) electrons. The molecule has 0 saturated heterocycles. The van der Waals surface area contributed by atoms with Crippen LogP contribution in [0, 0.1) is 0 Å². The van der Waals surface area contributed by atoms with Crippen LogP contribution >= 0.6 is 15.9 Å². The Morgan fingerprint density at radius 2 is 2.11 bits per heavy atom. The van der Waals surface area contributed by atoms with Crippen LogP contribution in [-0.4, -0.2) is 24.9 Å². The van der Waals surface area contributed by atoms with E-state index in [-0.39, 0.29) is 12.6 Å². The largest absolute Gasteiger partial charge is 0.496 e. The summed E-state index contributed by atoms with van der Waals surface area (Å²) in [6.45, 7) is 0.120. The molecule has 4 heteroatoms. The summed E-state index contributed by atoms with van der Waals surface area (Å²) in [4.78, 5) is 0. The quantitative estimate of drug-likeness (QED) is 0.870. The SMILES string of the molecule is COc1ccc(C(CO)NC2CCCCC2)cc1Br. The van der Waals surface area contributed by atoms with E-state index in [1.807, 2.05) is 18.2 Å². The lowest BCUT2D eigenvalue weighted by Gasteiger charge is -2.28. The monoisotopic (exact) mass is 327 g/mol. The Morgan fingerprint density at radius 3 is 2.68 bits per heavy atom. The average Bonchev–Trinajstić information content (AvgIpc) is 2.46. The van der Waals surface area contributed by atoms with Gasteiger partial charge in [-0.05, 0) is 46.5 Å². The van der Waals surface area contributed by atoms with Gasteiger partial charge in [0.05, 0.1) is 24.2 Å². The molecular weight excluding hydrogens is 306 g/mol. The molecule has 0 spiro atoms. The van der Waals surface area contributed by atoms with E-state index >= 15 is 0 Å². The van der Waals surface area contributed by atoms with Crippen molar-refractivity contribution in [2.24, 2.45) is 0 Å². The number of rotatable bonds is 5. The van der Waals surface area contributed by atoms with Crippen molar-refractivity contribution in [3.05, 3.63) is 28.2 Å². The van der Waals surface area contributed by atoms with Gasteiger partial charge in [-0.1, -0.05) is 25.3 Å². The van der Waals surface area contributed by atoms with E-state index in [0.29, 0.717) is 6.04 Å². The molecule has 1 aliphatic carbocycles. The minimum Gasteiger partial charge on any atom is -0.496 e. The van der Waals surface area contributed by atoms with Gasteiger partial charge in [0.25, 0.3) is 0 Å². The predicted octanol–water partition coefficient (Wildman–Crippen LogP) is 3.41. The van der Waals surface area contributed by atoms with Crippen LogP contribution in [0.25, 0.3) is 0 Å². The molecule has 0 bridgehead atoms. The third kappa shape index (κ3) is 3.94. The van der Waals surface area contributed by atoms with Crippen LogP contribution in [0.3, 0.4) is 0 Å². The number of methoxy groups -OCH3 is 1. The minimum absolute atomic E-state index is 0.00491. The van der Waals surface area contributed by atoms with Crippen molar-refractivity contribution >= 4 is 15.9 Å². The molecule has 19 heavy (non-hydrogen) atoms. The molecule has 1 aliphatic rings. The number of aliphatic hydroxyl groups is 1. The van der Waals surface area contributed by atoms with Crippen molar-refractivity contribution in [3.63, 3.8) is 0 Å². The van der Waals surface area contributed by atoms with Gasteiger partial charge in [0.15, 0.2) is 0 Å². The second-order valence-corrected chi connectivity index (χ2v) is 5.99. The summed E-state index contributed by atoms with van der Waals surface area (Å²) < 4.78 is 6.16. The first-order valence-electron chi connectivity index (χ1n) is 6.95. The first-order chi connectivity index (χ1) is 9.24. The summed E-state index contributed by atoms with van der Waals surface area (Å²) in [5, 5.41) is 13.2. The maximum atomic E-state index is 9.62. The van der Waals surface area contributed by atoms with Gasteiger partial charge in [-0.3, -0.25) is 0 Å². The Morgan fingerprint density at radius 1 is 1.37 bits per heavy atom. The first kappa shape index (κ1) is 14.8. The molecule has 1 saturated carbocycles. The van der Waals surface area contributed by atoms with Crippen molar-refractivity contribution in [2.75, 3.05) is 13.7 Å². The van der Waals surface area contributed by atoms with Crippen LogP contribution < -0.4 is 10.1 Å². The summed E-state index contributed by atoms with van der Waals surface area (Å²) in [5.41, 5.74) is 1.10. The van der Waals surface area contributed by atoms with Gasteiger partial charge >= 0.3 is 0 Å². The van der Waals surface area contributed by atoms with Gasteiger partial charge in [-0.25, -0.2) is 0 Å². The first-order valence-corrected chi connectivity index (χ1v) is 7.74. The van der Waals surface area contributed by atoms with Crippen LogP contribution in [0.5, 0.6) is 5.75 Å². The maximum Gasteiger partial charge on any atom is 0.133 e. The zero-order chi connectivity index (χ0) is 13.7. The Kier molecular flexibility index (Phi) is 5.67. The predicted molar refractivity (Wildman–Crippen MR) is 80.5 cm³/mol. The lowest BCUT2D eigenvalue weighted by Crippen LogP contribution is -2.36. The summed E-state index contributed by atoms with van der Waals surface area (Å²) in [7, 11) is 1.66. The second kappa shape index (κ2) is 7.27. The van der Waals surface area contributed by atoms with Crippen molar-refractivity contribution in [2.45, 2.75) is 44.2 Å². The summed E-state index contributed by atoms with van der Waals surface area (Å²) in [6.07, 6.45) is 6.36. The Bertz CT molecular complexity index is 405. The molecule has 1 aromatic rings. The van der Waals surface area contributed by atoms with Crippen LogP contribution in [-0.2, 0) is 0 Å². The van der Waals surface area contributed by atoms with Crippen molar-refractivity contribution in [3.8, 4) is 5.75 Å². The molecule has 1 aromatic carbocycles. The number of hydrogen-bond donors (Lipinski definition) is 2. The highest BCUT2D eigenvalue weighted by Crippen LogP contribution is 2.29. The van der Waals surface area contributed by atoms with Crippen LogP contribution in [0.2, 0.25) is 0 Å². The number of aliphatic hydroxyl groups excluding tert-OH is 1. The van der Waals surface area contributed by atoms with Gasteiger partial charge in [-0.15, -0.1) is 0 Å². The second-order valence-electron chi connectivity index (χ2n) is 5.13. The Labute approximate surface area is 123 Å². The summed E-state index contributed by atoms with van der Waals surface area (Å²) in [5.74, 6) is 0.818. The smallest absolute Gasteiger partial charge is 0.133 e. The van der Waals surface area contributed by atoms with Crippen LogP contribution in [0.4, 0.5) is 0 Å². The fourth-order valence-electron chi connectivity index (χ4n) is 2.71. The van der Waals surface area contributed by atoms with E-state index in [1.54, 1.807) is 7.11 Å². The molecule has 0 aliphatic heterocycles. The van der Waals surface area contributed by atoms with Crippen LogP contribution in [0.15, 0.2) is 22.7 Å². The Hall–Kier alpha value is -0.580. The number of nitrogens with one attached hydrogen (secondary N) is 1. The number of ether oxygens (including phenoxy) is 1. The number of halogens is 1. The molecule has 1 fully saturated rings. The normalized spacial score (nSPS) is 18.3. The van der Waals surface area contributed by atoms with Crippen molar-refractivity contribution in [1.82, 2.24) is 5.32 Å². The average molecular weight is 328 g/mol. The number of benzene rings is 1. The Balaban J connectivity index is 2.05. The number of hydrogen-bond acceptors (Lipinski definition) is 3. The topological polar surface area (TPSA) is 41.5 Å². The van der Waals surface area contributed by atoms with E-state index in [2.05, 4.69) is 21.2 Å². The molecule has 1 atom stereocenters. The van der Waals surface area contributed by atoms with E-state index < -0.39 is 0 Å². The van der Waals surface area contributed by atoms with Crippen LogP contribution in [0.1, 0.15) is 43.7 Å². The molecule has 0 amide bonds. The third-order valence-electron chi connectivity index (χ3n) is 3.80. The molecular formula is C15H22BrNO2. The highest BCUT2D eigenvalue weighted by Gasteiger charge is 2.19. The maximum absolute atomic E-state index is 9.62. The molecule has 2 rings (SSSR count). The van der Waals surface area contributed by atoms with Gasteiger partial charge in [0.2, 0.25) is 0 Å². The van der Waals surface area contributed by atoms with Crippen molar-refractivity contribution in [1.29, 1.82) is 0 Å². The third-order valence-corrected chi connectivity index (χ3v) is 4.42. The highest BCUT2D eigenvalue weighted by molar-refractivity contribution is 9.10. The molecule has 2 N–H and O–H groups in total. The lowest BCUT2D eigenvalue weighted by atomic mass is 9.94. The van der Waals surface area contributed by atoms with Gasteiger partial charge < -0.3 is 15.2 Å². The highest BCUT2D eigenvalue weighted by atomic mass is 79.9. The molecule has 1 unspecified atom stereocenters.